The van der Waals surface area contributed by atoms with Gasteiger partial charge in [-0.15, -0.1) is 0 Å². The van der Waals surface area contributed by atoms with E-state index in [2.05, 4.69) is 10.3 Å². The van der Waals surface area contributed by atoms with Crippen LogP contribution in [0.3, 0.4) is 0 Å². The summed E-state index contributed by atoms with van der Waals surface area (Å²) >= 11 is 0. The molecular weight excluding hydrogens is 394 g/mol. The Bertz CT molecular complexity index is 982. The van der Waals surface area contributed by atoms with Crippen LogP contribution in [-0.4, -0.2) is 64.6 Å². The molecule has 2 fully saturated rings. The number of aryl methyl sites for hydroxylation is 1. The lowest BCUT2D eigenvalue weighted by Gasteiger charge is -2.30. The lowest BCUT2D eigenvalue weighted by atomic mass is 9.94. The van der Waals surface area contributed by atoms with Gasteiger partial charge in [0.15, 0.2) is 0 Å². The molecule has 0 atom stereocenters. The maximum Gasteiger partial charge on any atom is 0.292 e. The number of likely N-dealkylation sites (tertiary alicyclic amines) is 1. The van der Waals surface area contributed by atoms with E-state index in [0.29, 0.717) is 31.6 Å². The first-order valence-electron chi connectivity index (χ1n) is 10.1. The monoisotopic (exact) mass is 421 g/mol. The van der Waals surface area contributed by atoms with Crippen molar-refractivity contribution in [3.05, 3.63) is 29.4 Å². The molecule has 1 amide bonds. The van der Waals surface area contributed by atoms with Crippen LogP contribution in [0.25, 0.3) is 0 Å². The van der Waals surface area contributed by atoms with Crippen molar-refractivity contribution in [2.45, 2.75) is 49.8 Å². The van der Waals surface area contributed by atoms with Crippen molar-refractivity contribution in [3.8, 4) is 0 Å². The van der Waals surface area contributed by atoms with Gasteiger partial charge in [-0.1, -0.05) is 5.16 Å². The molecule has 9 nitrogen and oxygen atoms in total. The number of amides is 1. The molecule has 29 heavy (non-hydrogen) atoms. The minimum Gasteiger partial charge on any atom is -0.351 e. The predicted molar refractivity (Wildman–Crippen MR) is 105 cm³/mol. The first-order chi connectivity index (χ1) is 13.9. The minimum atomic E-state index is -3.55. The number of piperidine rings is 2. The predicted octanol–water partition coefficient (Wildman–Crippen LogP) is 1.91. The van der Waals surface area contributed by atoms with E-state index in [0.717, 1.165) is 38.0 Å². The Morgan fingerprint density at radius 3 is 2.45 bits per heavy atom. The van der Waals surface area contributed by atoms with Crippen molar-refractivity contribution in [1.29, 1.82) is 0 Å². The van der Waals surface area contributed by atoms with Crippen molar-refractivity contribution in [3.63, 3.8) is 0 Å². The smallest absolute Gasteiger partial charge is 0.292 e. The Morgan fingerprint density at radius 1 is 1.14 bits per heavy atom. The van der Waals surface area contributed by atoms with Crippen LogP contribution in [0.1, 0.15) is 60.0 Å². The summed E-state index contributed by atoms with van der Waals surface area (Å²) in [6, 6.07) is 1.73. The molecule has 2 aliphatic rings. The summed E-state index contributed by atoms with van der Waals surface area (Å²) in [4.78, 5) is 14.6. The average molecular weight is 422 g/mol. The van der Waals surface area contributed by atoms with Crippen LogP contribution in [-0.2, 0) is 17.1 Å². The molecule has 10 heteroatoms. The lowest BCUT2D eigenvalue weighted by molar-refractivity contribution is 0.0682. The molecule has 2 aromatic heterocycles. The number of sulfonamides is 1. The molecule has 158 valence electrons. The van der Waals surface area contributed by atoms with Gasteiger partial charge in [-0.2, -0.15) is 9.40 Å². The third-order valence-corrected chi connectivity index (χ3v) is 8.06. The van der Waals surface area contributed by atoms with Crippen molar-refractivity contribution in [1.82, 2.24) is 24.1 Å². The highest BCUT2D eigenvalue weighted by Crippen LogP contribution is 2.31. The Balaban J connectivity index is 1.40. The fourth-order valence-electron chi connectivity index (χ4n) is 4.10. The van der Waals surface area contributed by atoms with Crippen LogP contribution in [0.5, 0.6) is 0 Å². The number of carbonyl (C=O) groups is 1. The van der Waals surface area contributed by atoms with Crippen molar-refractivity contribution in [2.75, 3.05) is 26.2 Å². The molecule has 0 saturated carbocycles. The summed E-state index contributed by atoms with van der Waals surface area (Å²) in [7, 11) is -1.82. The maximum atomic E-state index is 12.9. The van der Waals surface area contributed by atoms with Gasteiger partial charge in [0.1, 0.15) is 4.90 Å². The largest absolute Gasteiger partial charge is 0.351 e. The van der Waals surface area contributed by atoms with Crippen LogP contribution < -0.4 is 0 Å². The van der Waals surface area contributed by atoms with E-state index in [9.17, 15) is 13.2 Å². The Morgan fingerprint density at radius 2 is 1.83 bits per heavy atom. The number of carbonyl (C=O) groups excluding carboxylic acids is 1. The third-order valence-electron chi connectivity index (χ3n) is 6.06. The molecule has 4 rings (SSSR count). The second-order valence-corrected chi connectivity index (χ2v) is 9.77. The summed E-state index contributed by atoms with van der Waals surface area (Å²) < 4.78 is 34.2. The topological polar surface area (TPSA) is 102 Å². The molecule has 0 unspecified atom stereocenters. The fourth-order valence-corrected chi connectivity index (χ4v) is 5.75. The normalized spacial score (nSPS) is 19.6. The highest BCUT2D eigenvalue weighted by atomic mass is 32.2. The van der Waals surface area contributed by atoms with Crippen LogP contribution in [0.2, 0.25) is 0 Å². The number of hydrogen-bond acceptors (Lipinski definition) is 6. The van der Waals surface area contributed by atoms with Crippen molar-refractivity contribution >= 4 is 15.9 Å². The van der Waals surface area contributed by atoms with Gasteiger partial charge >= 0.3 is 0 Å². The first kappa shape index (κ1) is 20.1. The lowest BCUT2D eigenvalue weighted by Crippen LogP contribution is -2.38. The van der Waals surface area contributed by atoms with E-state index in [1.54, 1.807) is 24.7 Å². The third kappa shape index (κ3) is 3.83. The fraction of sp³-hybridized carbons (Fsp3) is 0.632. The maximum absolute atomic E-state index is 12.9. The second kappa shape index (κ2) is 7.91. The zero-order chi connectivity index (χ0) is 20.6. The Labute approximate surface area is 170 Å². The van der Waals surface area contributed by atoms with Gasteiger partial charge in [0, 0.05) is 45.2 Å². The van der Waals surface area contributed by atoms with E-state index in [1.807, 2.05) is 4.90 Å². The van der Waals surface area contributed by atoms with Crippen LogP contribution in [0.4, 0.5) is 0 Å². The standard InChI is InChI=1S/C19H27N5O4S/c1-14-18(13-20-22(14)2)29(26,27)24-10-6-15(7-11-24)16-12-17(28-21-16)19(25)23-8-4-3-5-9-23/h12-13,15H,3-11H2,1-2H3. The van der Waals surface area contributed by atoms with Crippen LogP contribution in [0, 0.1) is 6.92 Å². The van der Waals surface area contributed by atoms with Gasteiger partial charge in [-0.3, -0.25) is 9.48 Å². The number of nitrogens with zero attached hydrogens (tertiary/aromatic N) is 5. The van der Waals surface area contributed by atoms with Crippen molar-refractivity contribution in [2.24, 2.45) is 7.05 Å². The second-order valence-electron chi connectivity index (χ2n) is 7.87. The number of hydrogen-bond donors (Lipinski definition) is 0. The molecule has 0 aliphatic carbocycles. The average Bonchev–Trinajstić information content (AvgIpc) is 3.36. The van der Waals surface area contributed by atoms with Gasteiger partial charge in [0.25, 0.3) is 5.91 Å². The summed E-state index contributed by atoms with van der Waals surface area (Å²) in [5, 5.41) is 8.16. The van der Waals surface area contributed by atoms with Gasteiger partial charge in [-0.25, -0.2) is 8.42 Å². The van der Waals surface area contributed by atoms with E-state index < -0.39 is 10.0 Å². The Hall–Kier alpha value is -2.20. The summed E-state index contributed by atoms with van der Waals surface area (Å²) in [6.07, 6.45) is 5.90. The molecular formula is C19H27N5O4S. The van der Waals surface area contributed by atoms with Gasteiger partial charge in [0.05, 0.1) is 17.6 Å². The highest BCUT2D eigenvalue weighted by molar-refractivity contribution is 7.89. The Kier molecular flexibility index (Phi) is 5.48. The molecule has 0 spiro atoms. The number of aromatic nitrogens is 3. The van der Waals surface area contributed by atoms with Crippen LogP contribution in [0.15, 0.2) is 21.7 Å². The molecule has 0 N–H and O–H groups in total. The van der Waals surface area contributed by atoms with Gasteiger partial charge < -0.3 is 9.42 Å². The zero-order valence-electron chi connectivity index (χ0n) is 16.9. The van der Waals surface area contributed by atoms with Gasteiger partial charge in [-0.05, 0) is 39.0 Å². The molecule has 0 radical (unpaired) electrons. The molecule has 4 heterocycles. The van der Waals surface area contributed by atoms with Gasteiger partial charge in [0.2, 0.25) is 15.8 Å². The van der Waals surface area contributed by atoms with Crippen LogP contribution >= 0.6 is 0 Å². The van der Waals surface area contributed by atoms with E-state index in [4.69, 9.17) is 4.52 Å². The minimum absolute atomic E-state index is 0.0862. The van der Waals surface area contributed by atoms with E-state index in [1.165, 1.54) is 10.5 Å². The zero-order valence-corrected chi connectivity index (χ0v) is 17.7. The summed E-state index contributed by atoms with van der Waals surface area (Å²) in [5.41, 5.74) is 1.37. The summed E-state index contributed by atoms with van der Waals surface area (Å²) in [5.74, 6) is 0.265. The van der Waals surface area contributed by atoms with E-state index in [-0.39, 0.29) is 22.5 Å². The number of rotatable bonds is 4. The SMILES string of the molecule is Cc1c(S(=O)(=O)N2CCC(c3cc(C(=O)N4CCCCC4)on3)CC2)cnn1C. The molecule has 2 aromatic rings. The summed E-state index contributed by atoms with van der Waals surface area (Å²) in [6.45, 7) is 4.09. The first-order valence-corrected chi connectivity index (χ1v) is 11.6. The molecule has 0 aromatic carbocycles. The quantitative estimate of drug-likeness (QED) is 0.747. The highest BCUT2D eigenvalue weighted by Gasteiger charge is 2.33. The molecule has 2 aliphatic heterocycles. The van der Waals surface area contributed by atoms with E-state index >= 15 is 0 Å². The molecule has 2 saturated heterocycles. The molecule has 0 bridgehead atoms. The van der Waals surface area contributed by atoms with Crippen molar-refractivity contribution < 1.29 is 17.7 Å².